The lowest BCUT2D eigenvalue weighted by molar-refractivity contribution is 0.0462. The summed E-state index contributed by atoms with van der Waals surface area (Å²) in [5.74, 6) is 1.45. The first-order valence-corrected chi connectivity index (χ1v) is 7.97. The molecule has 1 N–H and O–H groups in total. The zero-order chi connectivity index (χ0) is 16.4. The van der Waals surface area contributed by atoms with Gasteiger partial charge in [-0.1, -0.05) is 70.2 Å². The van der Waals surface area contributed by atoms with Crippen molar-refractivity contribution in [2.24, 2.45) is 0 Å². The van der Waals surface area contributed by atoms with E-state index in [9.17, 15) is 5.11 Å². The van der Waals surface area contributed by atoms with Crippen LogP contribution in [-0.2, 0) is 0 Å². The van der Waals surface area contributed by atoms with E-state index in [-0.39, 0.29) is 21.1 Å². The zero-order valence-corrected chi connectivity index (χ0v) is 14.5. The van der Waals surface area contributed by atoms with Crippen molar-refractivity contribution in [3.63, 3.8) is 0 Å². The van der Waals surface area contributed by atoms with E-state index >= 15 is 0 Å². The number of aliphatic hydroxyl groups is 1. The van der Waals surface area contributed by atoms with E-state index < -0.39 is 0 Å². The third-order valence-electron chi connectivity index (χ3n) is 2.98. The average Bonchev–Trinajstić information content (AvgIpc) is 2.65. The fourth-order valence-corrected chi connectivity index (χ4v) is 2.07. The molecule has 0 aliphatic carbocycles. The third-order valence-corrected chi connectivity index (χ3v) is 2.98. The van der Waals surface area contributed by atoms with Gasteiger partial charge in [0.2, 0.25) is 0 Å². The highest BCUT2D eigenvalue weighted by molar-refractivity contribution is 5.75. The Balaban J connectivity index is 0.000000901. The lowest BCUT2D eigenvalue weighted by Gasteiger charge is -2.27. The summed E-state index contributed by atoms with van der Waals surface area (Å²) in [5.41, 5.74) is 2.07. The number of ether oxygens (including phenoxy) is 2. The summed E-state index contributed by atoms with van der Waals surface area (Å²) in [6.07, 6.45) is -0.289. The van der Waals surface area contributed by atoms with E-state index in [1.54, 1.807) is 0 Å². The largest absolute Gasteiger partial charge is 0.486 e. The van der Waals surface area contributed by atoms with Gasteiger partial charge in [-0.2, -0.15) is 0 Å². The topological polar surface area (TPSA) is 38.7 Å². The molecule has 3 radical (unpaired) electrons. The molecule has 3 rings (SSSR count). The molecular formula is C19H26BO3. The highest BCUT2D eigenvalue weighted by Gasteiger charge is 2.23. The molecule has 2 aromatic carbocycles. The van der Waals surface area contributed by atoms with Crippen LogP contribution in [0.5, 0.6) is 11.5 Å². The van der Waals surface area contributed by atoms with E-state index in [4.69, 9.17) is 9.47 Å². The molecule has 1 aliphatic heterocycles. The molecule has 1 heterocycles. The van der Waals surface area contributed by atoms with E-state index in [1.807, 2.05) is 76.2 Å². The van der Waals surface area contributed by atoms with Crippen LogP contribution in [0.3, 0.4) is 0 Å². The van der Waals surface area contributed by atoms with Crippen LogP contribution in [0.4, 0.5) is 0 Å². The predicted octanol–water partition coefficient (Wildman–Crippen LogP) is 4.16. The van der Waals surface area contributed by atoms with Crippen LogP contribution >= 0.6 is 0 Å². The Labute approximate surface area is 141 Å². The summed E-state index contributed by atoms with van der Waals surface area (Å²) in [5, 5.41) is 9.17. The summed E-state index contributed by atoms with van der Waals surface area (Å²) >= 11 is 0. The van der Waals surface area contributed by atoms with Crippen LogP contribution in [0.25, 0.3) is 11.1 Å². The second kappa shape index (κ2) is 11.6. The third kappa shape index (κ3) is 5.33. The van der Waals surface area contributed by atoms with Gasteiger partial charge in [0.1, 0.15) is 6.61 Å². The molecule has 1 aliphatic rings. The van der Waals surface area contributed by atoms with Crippen molar-refractivity contribution in [1.82, 2.24) is 0 Å². The highest BCUT2D eigenvalue weighted by Crippen LogP contribution is 2.40. The van der Waals surface area contributed by atoms with Gasteiger partial charge < -0.3 is 14.6 Å². The number of hydrogen-bond donors (Lipinski definition) is 1. The van der Waals surface area contributed by atoms with Gasteiger partial charge >= 0.3 is 0 Å². The number of hydrogen-bond acceptors (Lipinski definition) is 3. The van der Waals surface area contributed by atoms with Crippen molar-refractivity contribution < 1.29 is 14.6 Å². The maximum absolute atomic E-state index is 9.17. The van der Waals surface area contributed by atoms with Crippen LogP contribution in [-0.4, -0.2) is 32.8 Å². The normalized spacial score (nSPS) is 14.2. The van der Waals surface area contributed by atoms with Crippen LogP contribution in [0.2, 0.25) is 0 Å². The Morgan fingerprint density at radius 2 is 1.61 bits per heavy atom. The molecule has 0 aromatic heterocycles. The molecule has 0 saturated carbocycles. The summed E-state index contributed by atoms with van der Waals surface area (Å²) in [6.45, 7) is 8.35. The van der Waals surface area contributed by atoms with Gasteiger partial charge in [0.05, 0.1) is 6.61 Å². The fraction of sp³-hybridized carbons (Fsp3) is 0.368. The first-order valence-electron chi connectivity index (χ1n) is 7.97. The summed E-state index contributed by atoms with van der Waals surface area (Å²) in [6, 6.07) is 15.8. The minimum absolute atomic E-state index is 0. The van der Waals surface area contributed by atoms with Crippen LogP contribution in [0, 0.1) is 0 Å². The first kappa shape index (κ1) is 21.1. The van der Waals surface area contributed by atoms with Gasteiger partial charge in [0, 0.05) is 14.0 Å². The molecule has 0 saturated heterocycles. The Bertz CT molecular complexity index is 544. The molecular weight excluding hydrogens is 287 g/mol. The van der Waals surface area contributed by atoms with E-state index in [0.29, 0.717) is 12.4 Å². The molecule has 0 fully saturated rings. The standard InChI is InChI=1S/C15H14O3.2C2H6.B/c16-9-12-10-17-14-8-4-7-13(15(14)18-12)11-5-2-1-3-6-11;2*1-2;/h1-8,12,16H,9-10H2;2*1-2H3;/t12-;;;/m0.../s1. The smallest absolute Gasteiger partial charge is 0.169 e. The molecule has 0 unspecified atom stereocenters. The Kier molecular flexibility index (Phi) is 10.6. The van der Waals surface area contributed by atoms with Gasteiger partial charge in [0.25, 0.3) is 0 Å². The quantitative estimate of drug-likeness (QED) is 0.846. The number of benzene rings is 2. The monoisotopic (exact) mass is 313 g/mol. The lowest BCUT2D eigenvalue weighted by Crippen LogP contribution is -2.32. The average molecular weight is 313 g/mol. The lowest BCUT2D eigenvalue weighted by atomic mass is 10.0. The summed E-state index contributed by atoms with van der Waals surface area (Å²) < 4.78 is 11.4. The van der Waals surface area contributed by atoms with Crippen molar-refractivity contribution in [3.05, 3.63) is 48.5 Å². The predicted molar refractivity (Wildman–Crippen MR) is 97.3 cm³/mol. The summed E-state index contributed by atoms with van der Waals surface area (Å²) in [7, 11) is 0. The first-order chi connectivity index (χ1) is 10.9. The highest BCUT2D eigenvalue weighted by atomic mass is 16.6. The van der Waals surface area contributed by atoms with E-state index in [2.05, 4.69) is 0 Å². The maximum Gasteiger partial charge on any atom is 0.169 e. The van der Waals surface area contributed by atoms with E-state index in [1.165, 1.54) is 0 Å². The molecule has 1 atom stereocenters. The van der Waals surface area contributed by atoms with Gasteiger partial charge in [-0.05, 0) is 11.6 Å². The molecule has 0 bridgehead atoms. The molecule has 123 valence electrons. The number of fused-ring (bicyclic) bond motifs is 1. The SMILES string of the molecule is CC.CC.OC[C@H]1COc2cccc(-c3ccccc3)c2O1.[B]. The van der Waals surface area contributed by atoms with Gasteiger partial charge in [-0.3, -0.25) is 0 Å². The molecule has 4 heteroatoms. The van der Waals surface area contributed by atoms with Crippen LogP contribution in [0.1, 0.15) is 27.7 Å². The molecule has 0 spiro atoms. The second-order valence-corrected chi connectivity index (χ2v) is 4.23. The number of aliphatic hydroxyl groups excluding tert-OH is 1. The number of rotatable bonds is 2. The van der Waals surface area contributed by atoms with Gasteiger partial charge in [-0.25, -0.2) is 0 Å². The maximum atomic E-state index is 9.17. The van der Waals surface area contributed by atoms with Crippen molar-refractivity contribution in [1.29, 1.82) is 0 Å². The van der Waals surface area contributed by atoms with Crippen molar-refractivity contribution in [2.75, 3.05) is 13.2 Å². The zero-order valence-electron chi connectivity index (χ0n) is 14.5. The number of para-hydroxylation sites is 1. The van der Waals surface area contributed by atoms with Crippen LogP contribution < -0.4 is 9.47 Å². The molecule has 23 heavy (non-hydrogen) atoms. The second-order valence-electron chi connectivity index (χ2n) is 4.23. The fourth-order valence-electron chi connectivity index (χ4n) is 2.07. The Morgan fingerprint density at radius 3 is 2.22 bits per heavy atom. The van der Waals surface area contributed by atoms with Crippen molar-refractivity contribution in [3.8, 4) is 22.6 Å². The van der Waals surface area contributed by atoms with E-state index in [0.717, 1.165) is 16.9 Å². The summed E-state index contributed by atoms with van der Waals surface area (Å²) in [4.78, 5) is 0. The minimum atomic E-state index is -0.289. The minimum Gasteiger partial charge on any atom is -0.486 e. The molecule has 0 amide bonds. The Hall–Kier alpha value is -1.94. The van der Waals surface area contributed by atoms with Crippen molar-refractivity contribution >= 4 is 8.41 Å². The Morgan fingerprint density at radius 1 is 0.957 bits per heavy atom. The molecule has 2 aromatic rings. The molecule has 3 nitrogen and oxygen atoms in total. The van der Waals surface area contributed by atoms with Gasteiger partial charge in [0.15, 0.2) is 17.6 Å². The van der Waals surface area contributed by atoms with Crippen molar-refractivity contribution in [2.45, 2.75) is 33.8 Å². The van der Waals surface area contributed by atoms with Crippen LogP contribution in [0.15, 0.2) is 48.5 Å². The van der Waals surface area contributed by atoms with Gasteiger partial charge in [-0.15, -0.1) is 0 Å².